The molecule has 3 N–H and O–H groups in total. The quantitative estimate of drug-likeness (QED) is 0.0222. The van der Waals surface area contributed by atoms with Crippen LogP contribution in [-0.4, -0.2) is 96.7 Å². The van der Waals surface area contributed by atoms with Gasteiger partial charge in [0.2, 0.25) is 0 Å². The monoisotopic (exact) mass is 1550 g/mol. The van der Waals surface area contributed by atoms with E-state index in [9.17, 15) is 43.2 Å². The van der Waals surface area contributed by atoms with Gasteiger partial charge in [-0.25, -0.2) is 9.13 Å². The van der Waals surface area contributed by atoms with Crippen LogP contribution in [0.4, 0.5) is 0 Å². The first kappa shape index (κ1) is 104. The number of phosphoric ester groups is 2. The summed E-state index contributed by atoms with van der Waals surface area (Å²) in [6.45, 7) is 14.4. The predicted molar refractivity (Wildman–Crippen MR) is 437 cm³/mol. The zero-order valence-electron chi connectivity index (χ0n) is 70.1. The molecule has 0 aliphatic heterocycles. The van der Waals surface area contributed by atoms with E-state index < -0.39 is 97.5 Å². The highest BCUT2D eigenvalue weighted by Crippen LogP contribution is 2.45. The van der Waals surface area contributed by atoms with E-state index in [0.29, 0.717) is 25.7 Å². The van der Waals surface area contributed by atoms with Gasteiger partial charge in [-0.05, 0) is 49.4 Å². The fraction of sp³-hybridized carbons (Fsp3) is 0.954. The van der Waals surface area contributed by atoms with Crippen LogP contribution < -0.4 is 0 Å². The van der Waals surface area contributed by atoms with Crippen LogP contribution in [0.25, 0.3) is 0 Å². The molecule has 0 amide bonds. The Balaban J connectivity index is 5.27. The topological polar surface area (TPSA) is 237 Å². The molecule has 17 nitrogen and oxygen atoms in total. The van der Waals surface area contributed by atoms with Crippen LogP contribution in [0.1, 0.15) is 453 Å². The Kier molecular flexibility index (Phi) is 74.3. The van der Waals surface area contributed by atoms with Gasteiger partial charge in [0.25, 0.3) is 0 Å². The smallest absolute Gasteiger partial charge is 0.462 e. The van der Waals surface area contributed by atoms with Gasteiger partial charge in [-0.2, -0.15) is 0 Å². The van der Waals surface area contributed by atoms with Crippen molar-refractivity contribution in [3.05, 3.63) is 0 Å². The molecular weight excluding hydrogens is 1380 g/mol. The Bertz CT molecular complexity index is 2060. The van der Waals surface area contributed by atoms with Crippen LogP contribution in [0.5, 0.6) is 0 Å². The van der Waals surface area contributed by atoms with E-state index in [1.165, 1.54) is 257 Å². The van der Waals surface area contributed by atoms with Gasteiger partial charge in [0.1, 0.15) is 19.3 Å². The second-order valence-electron chi connectivity index (χ2n) is 33.0. The summed E-state index contributed by atoms with van der Waals surface area (Å²) in [5, 5.41) is 10.7. The minimum absolute atomic E-state index is 0.107. The van der Waals surface area contributed by atoms with Crippen LogP contribution in [-0.2, 0) is 65.4 Å². The average Bonchev–Trinajstić information content (AvgIpc) is 0.902. The molecule has 0 rings (SSSR count). The summed E-state index contributed by atoms with van der Waals surface area (Å²) in [6, 6.07) is 0. The van der Waals surface area contributed by atoms with Crippen LogP contribution in [0, 0.1) is 23.7 Å². The SMILES string of the molecule is CCC(C)CCCCCCCCCCC(=O)OC[C@H](COP(=O)(O)OC[C@H](O)COP(=O)(O)OC[C@@H](COC(=O)CCCCCCCCCCCCCCCCCCC(C)C)OC(=O)CCCCCCCCCCCCCCCCCCC(C)C)OC(=O)CCCCCCCCCCCCCCCC(C)C. The lowest BCUT2D eigenvalue weighted by atomic mass is 9.99. The second-order valence-corrected chi connectivity index (χ2v) is 35.9. The molecule has 630 valence electrons. The molecule has 0 radical (unpaired) electrons. The molecule has 0 aromatic rings. The Morgan fingerprint density at radius 1 is 0.264 bits per heavy atom. The van der Waals surface area contributed by atoms with Crippen LogP contribution >= 0.6 is 15.6 Å². The molecule has 106 heavy (non-hydrogen) atoms. The third-order valence-corrected chi connectivity index (χ3v) is 22.6. The fourth-order valence-electron chi connectivity index (χ4n) is 13.5. The molecule has 6 atom stereocenters. The van der Waals surface area contributed by atoms with Gasteiger partial charge in [0.05, 0.1) is 26.4 Å². The molecule has 0 aliphatic carbocycles. The normalized spacial score (nSPS) is 14.2. The molecule has 0 bridgehead atoms. The maximum absolute atomic E-state index is 13.2. The number of carbonyl (C=O) groups excluding carboxylic acids is 4. The number of hydrogen-bond donors (Lipinski definition) is 3. The zero-order valence-corrected chi connectivity index (χ0v) is 71.9. The van der Waals surface area contributed by atoms with E-state index >= 15 is 0 Å². The lowest BCUT2D eigenvalue weighted by Crippen LogP contribution is -2.30. The lowest BCUT2D eigenvalue weighted by molar-refractivity contribution is -0.161. The first-order valence-electron chi connectivity index (χ1n) is 44.7. The Morgan fingerprint density at radius 2 is 0.453 bits per heavy atom. The van der Waals surface area contributed by atoms with Gasteiger partial charge in [-0.1, -0.05) is 402 Å². The van der Waals surface area contributed by atoms with E-state index in [0.717, 1.165) is 114 Å². The maximum Gasteiger partial charge on any atom is 0.472 e. The van der Waals surface area contributed by atoms with Crippen LogP contribution in [0.15, 0.2) is 0 Å². The minimum atomic E-state index is -4.97. The van der Waals surface area contributed by atoms with Gasteiger partial charge >= 0.3 is 39.5 Å². The van der Waals surface area contributed by atoms with Crippen molar-refractivity contribution in [1.82, 2.24) is 0 Å². The molecule has 19 heteroatoms. The third kappa shape index (κ3) is 78.7. The van der Waals surface area contributed by atoms with Gasteiger partial charge in [-0.3, -0.25) is 37.3 Å². The number of hydrogen-bond acceptors (Lipinski definition) is 15. The molecule has 0 spiro atoms. The number of aliphatic hydroxyl groups is 1. The number of esters is 4. The highest BCUT2D eigenvalue weighted by molar-refractivity contribution is 7.47. The Hall–Kier alpha value is -1.94. The lowest BCUT2D eigenvalue weighted by Gasteiger charge is -2.21. The highest BCUT2D eigenvalue weighted by atomic mass is 31.2. The summed E-state index contributed by atoms with van der Waals surface area (Å²) in [5.41, 5.74) is 0. The van der Waals surface area contributed by atoms with Crippen molar-refractivity contribution < 1.29 is 80.2 Å². The standard InChI is InChI=1S/C87H170O17P2/c1-9-80(8)66-58-50-42-37-38-44-52-60-68-85(90)98-74-83(104-87(92)70-62-54-46-36-30-24-18-21-27-33-41-49-57-65-79(6)7)76-102-106(95,96)100-72-81(88)71-99-105(93,94)101-75-82(103-86(91)69-61-53-45-35-29-23-17-13-11-15-20-26-32-40-48-56-64-78(4)5)73-97-84(89)67-59-51-43-34-28-22-16-12-10-14-19-25-31-39-47-55-63-77(2)3/h77-83,88H,9-76H2,1-8H3,(H,93,94)(H,95,96)/t80?,81-,82-,83-/m1/s1. The van der Waals surface area contributed by atoms with Crippen LogP contribution in [0.3, 0.4) is 0 Å². The second kappa shape index (κ2) is 75.7. The number of phosphoric acid groups is 2. The van der Waals surface area contributed by atoms with Crippen molar-refractivity contribution in [3.8, 4) is 0 Å². The summed E-state index contributed by atoms with van der Waals surface area (Å²) in [7, 11) is -9.93. The van der Waals surface area contributed by atoms with E-state index in [1.54, 1.807) is 0 Å². The summed E-state index contributed by atoms with van der Waals surface area (Å²) < 4.78 is 69.0. The molecule has 0 aliphatic rings. The van der Waals surface area contributed by atoms with Crippen molar-refractivity contribution in [2.45, 2.75) is 472 Å². The van der Waals surface area contributed by atoms with Crippen molar-refractivity contribution >= 4 is 39.5 Å². The summed E-state index contributed by atoms with van der Waals surface area (Å²) >= 11 is 0. The van der Waals surface area contributed by atoms with Crippen LogP contribution in [0.2, 0.25) is 0 Å². The summed E-state index contributed by atoms with van der Waals surface area (Å²) in [5.74, 6) is 1.08. The van der Waals surface area contributed by atoms with E-state index in [-0.39, 0.29) is 25.7 Å². The number of aliphatic hydroxyl groups excluding tert-OH is 1. The van der Waals surface area contributed by atoms with E-state index in [1.807, 2.05) is 0 Å². The number of unbranched alkanes of at least 4 members (excludes halogenated alkanes) is 49. The molecule has 0 saturated carbocycles. The maximum atomic E-state index is 13.2. The largest absolute Gasteiger partial charge is 0.472 e. The van der Waals surface area contributed by atoms with Gasteiger partial charge in [0, 0.05) is 25.7 Å². The highest BCUT2D eigenvalue weighted by Gasteiger charge is 2.31. The molecule has 0 heterocycles. The zero-order chi connectivity index (χ0) is 78.1. The van der Waals surface area contributed by atoms with Crippen molar-refractivity contribution in [2.24, 2.45) is 23.7 Å². The average molecular weight is 1550 g/mol. The number of rotatable bonds is 84. The molecule has 0 saturated heterocycles. The number of ether oxygens (including phenoxy) is 4. The van der Waals surface area contributed by atoms with Gasteiger partial charge in [-0.15, -0.1) is 0 Å². The summed E-state index contributed by atoms with van der Waals surface area (Å²) in [4.78, 5) is 73.3. The van der Waals surface area contributed by atoms with Crippen molar-refractivity contribution in [2.75, 3.05) is 39.6 Å². The number of carbonyl (C=O) groups is 4. The first-order valence-corrected chi connectivity index (χ1v) is 47.7. The third-order valence-electron chi connectivity index (χ3n) is 20.7. The predicted octanol–water partition coefficient (Wildman–Crippen LogP) is 26.3. The van der Waals surface area contributed by atoms with Crippen molar-refractivity contribution in [3.63, 3.8) is 0 Å². The van der Waals surface area contributed by atoms with Gasteiger partial charge in [0.15, 0.2) is 12.2 Å². The van der Waals surface area contributed by atoms with E-state index in [2.05, 4.69) is 55.4 Å². The van der Waals surface area contributed by atoms with E-state index in [4.69, 9.17) is 37.0 Å². The Labute approximate surface area is 651 Å². The molecule has 0 aromatic carbocycles. The molecular formula is C87H170O17P2. The Morgan fingerprint density at radius 3 is 0.670 bits per heavy atom. The summed E-state index contributed by atoms with van der Waals surface area (Å²) in [6.07, 6.45) is 65.1. The molecule has 3 unspecified atom stereocenters. The fourth-order valence-corrected chi connectivity index (χ4v) is 15.0. The first-order chi connectivity index (χ1) is 51.1. The molecule has 0 aromatic heterocycles. The van der Waals surface area contributed by atoms with Gasteiger partial charge < -0.3 is 33.8 Å². The minimum Gasteiger partial charge on any atom is -0.462 e. The van der Waals surface area contributed by atoms with Crippen molar-refractivity contribution in [1.29, 1.82) is 0 Å². The molecule has 0 fully saturated rings.